The normalized spacial score (nSPS) is 10.8. The van der Waals surface area contributed by atoms with E-state index in [9.17, 15) is 4.79 Å². The number of aromatic amines is 1. The van der Waals surface area contributed by atoms with Crippen LogP contribution in [-0.2, 0) is 6.61 Å². The summed E-state index contributed by atoms with van der Waals surface area (Å²) in [7, 11) is 0. The molecule has 7 heteroatoms. The van der Waals surface area contributed by atoms with Crippen LogP contribution >= 0.6 is 15.9 Å². The largest absolute Gasteiger partial charge is 0.489 e. The Labute approximate surface area is 147 Å². The van der Waals surface area contributed by atoms with E-state index < -0.39 is 5.69 Å². The SMILES string of the molecule is Cc1cc(C)c(OCc2c(Br)cccc2-n2nn[nH]c2=O)cc1C. The Morgan fingerprint density at radius 2 is 1.92 bits per heavy atom. The zero-order valence-corrected chi connectivity index (χ0v) is 15.2. The summed E-state index contributed by atoms with van der Waals surface area (Å²) in [6, 6.07) is 9.68. The molecule has 0 unspecified atom stereocenters. The molecule has 3 aromatic rings. The smallest absolute Gasteiger partial charge is 0.365 e. The van der Waals surface area contributed by atoms with Crippen molar-refractivity contribution in [3.8, 4) is 11.4 Å². The van der Waals surface area contributed by atoms with Gasteiger partial charge in [-0.1, -0.05) is 28.1 Å². The highest BCUT2D eigenvalue weighted by molar-refractivity contribution is 9.10. The number of nitrogens with zero attached hydrogens (tertiary/aromatic N) is 3. The predicted molar refractivity (Wildman–Crippen MR) is 94.7 cm³/mol. The van der Waals surface area contributed by atoms with E-state index in [2.05, 4.69) is 51.4 Å². The van der Waals surface area contributed by atoms with E-state index in [0.717, 1.165) is 21.3 Å². The lowest BCUT2D eigenvalue weighted by Crippen LogP contribution is -2.18. The minimum Gasteiger partial charge on any atom is -0.489 e. The second kappa shape index (κ2) is 6.60. The Morgan fingerprint density at radius 1 is 1.17 bits per heavy atom. The first kappa shape index (κ1) is 16.4. The molecule has 0 fully saturated rings. The summed E-state index contributed by atoms with van der Waals surface area (Å²) in [6.07, 6.45) is 0. The Kier molecular flexibility index (Phi) is 4.53. The third-order valence-corrected chi connectivity index (χ3v) is 4.70. The van der Waals surface area contributed by atoms with Gasteiger partial charge in [0.05, 0.1) is 5.69 Å². The van der Waals surface area contributed by atoms with Gasteiger partial charge in [-0.3, -0.25) is 0 Å². The van der Waals surface area contributed by atoms with Gasteiger partial charge in [0.15, 0.2) is 0 Å². The van der Waals surface area contributed by atoms with Gasteiger partial charge in [0.25, 0.3) is 0 Å². The quantitative estimate of drug-likeness (QED) is 0.744. The summed E-state index contributed by atoms with van der Waals surface area (Å²) in [5, 5.41) is 9.65. The Bertz CT molecular complexity index is 946. The third-order valence-electron chi connectivity index (χ3n) is 3.96. The fourth-order valence-electron chi connectivity index (χ4n) is 2.48. The molecule has 0 aliphatic heterocycles. The number of aryl methyl sites for hydroxylation is 3. The Morgan fingerprint density at radius 3 is 2.62 bits per heavy atom. The lowest BCUT2D eigenvalue weighted by Gasteiger charge is -2.14. The molecule has 2 aromatic carbocycles. The maximum absolute atomic E-state index is 11.8. The van der Waals surface area contributed by atoms with Gasteiger partial charge in [-0.05, 0) is 66.1 Å². The molecule has 0 radical (unpaired) electrons. The molecule has 0 amide bonds. The van der Waals surface area contributed by atoms with Gasteiger partial charge in [-0.15, -0.1) is 0 Å². The number of aromatic nitrogens is 4. The molecule has 0 aliphatic rings. The number of halogens is 1. The summed E-state index contributed by atoms with van der Waals surface area (Å²) < 4.78 is 8.08. The molecule has 0 atom stereocenters. The number of tetrazole rings is 1. The standard InChI is InChI=1S/C17H17BrN4O2/c1-10-7-12(3)16(8-11(10)2)24-9-13-14(18)5-4-6-15(13)22-17(23)19-20-21-22/h4-8H,9H2,1-3H3,(H,19,21,23). The van der Waals surface area contributed by atoms with Crippen molar-refractivity contribution in [2.45, 2.75) is 27.4 Å². The Balaban J connectivity index is 1.95. The summed E-state index contributed by atoms with van der Waals surface area (Å²) in [4.78, 5) is 11.8. The molecule has 124 valence electrons. The number of ether oxygens (including phenoxy) is 1. The van der Waals surface area contributed by atoms with Crippen molar-refractivity contribution in [2.24, 2.45) is 0 Å². The first-order valence-corrected chi connectivity index (χ1v) is 8.25. The van der Waals surface area contributed by atoms with Gasteiger partial charge in [-0.2, -0.15) is 4.68 Å². The van der Waals surface area contributed by atoms with Gasteiger partial charge < -0.3 is 4.74 Å². The first-order chi connectivity index (χ1) is 11.5. The topological polar surface area (TPSA) is 72.8 Å². The molecule has 6 nitrogen and oxygen atoms in total. The average molecular weight is 389 g/mol. The maximum atomic E-state index is 11.8. The van der Waals surface area contributed by atoms with E-state index in [-0.39, 0.29) is 0 Å². The van der Waals surface area contributed by atoms with Gasteiger partial charge in [0, 0.05) is 10.0 Å². The number of rotatable bonds is 4. The number of H-pyrrole nitrogens is 1. The second-order valence-corrected chi connectivity index (χ2v) is 6.50. The second-order valence-electron chi connectivity index (χ2n) is 5.65. The van der Waals surface area contributed by atoms with Gasteiger partial charge in [0.2, 0.25) is 0 Å². The summed E-state index contributed by atoms with van der Waals surface area (Å²) in [5.41, 5.74) is 4.55. The van der Waals surface area contributed by atoms with Crippen molar-refractivity contribution >= 4 is 15.9 Å². The van der Waals surface area contributed by atoms with Crippen molar-refractivity contribution in [3.05, 3.63) is 67.5 Å². The van der Waals surface area contributed by atoms with Crippen LogP contribution in [0.4, 0.5) is 0 Å². The average Bonchev–Trinajstić information content (AvgIpc) is 2.96. The maximum Gasteiger partial charge on any atom is 0.365 e. The fraction of sp³-hybridized carbons (Fsp3) is 0.235. The van der Waals surface area contributed by atoms with Crippen LogP contribution in [0.1, 0.15) is 22.3 Å². The summed E-state index contributed by atoms with van der Waals surface area (Å²) >= 11 is 3.52. The van der Waals surface area contributed by atoms with Crippen LogP contribution in [-0.4, -0.2) is 20.2 Å². The lowest BCUT2D eigenvalue weighted by atomic mass is 10.1. The van der Waals surface area contributed by atoms with Crippen LogP contribution in [0.2, 0.25) is 0 Å². The van der Waals surface area contributed by atoms with Crippen molar-refractivity contribution in [2.75, 3.05) is 0 Å². The van der Waals surface area contributed by atoms with Crippen LogP contribution in [0.15, 0.2) is 39.6 Å². The molecule has 0 spiro atoms. The third kappa shape index (κ3) is 3.12. The summed E-state index contributed by atoms with van der Waals surface area (Å²) in [6.45, 7) is 6.46. The molecule has 0 bridgehead atoms. The van der Waals surface area contributed by atoms with Crippen molar-refractivity contribution in [3.63, 3.8) is 0 Å². The molecule has 1 N–H and O–H groups in total. The zero-order valence-electron chi connectivity index (χ0n) is 13.6. The lowest BCUT2D eigenvalue weighted by molar-refractivity contribution is 0.302. The van der Waals surface area contributed by atoms with Crippen molar-refractivity contribution in [1.29, 1.82) is 0 Å². The Hall–Kier alpha value is -2.41. The monoisotopic (exact) mass is 388 g/mol. The highest BCUT2D eigenvalue weighted by Gasteiger charge is 2.13. The predicted octanol–water partition coefficient (Wildman–Crippen LogP) is 3.22. The molecule has 0 saturated carbocycles. The van der Waals surface area contributed by atoms with Gasteiger partial charge in [0.1, 0.15) is 12.4 Å². The minimum atomic E-state index is -0.392. The zero-order chi connectivity index (χ0) is 17.3. The van der Waals surface area contributed by atoms with E-state index in [0.29, 0.717) is 12.3 Å². The van der Waals surface area contributed by atoms with Crippen molar-refractivity contribution in [1.82, 2.24) is 20.2 Å². The number of hydrogen-bond donors (Lipinski definition) is 1. The molecular weight excluding hydrogens is 372 g/mol. The highest BCUT2D eigenvalue weighted by atomic mass is 79.9. The number of nitrogens with one attached hydrogen (secondary N) is 1. The first-order valence-electron chi connectivity index (χ1n) is 7.46. The summed E-state index contributed by atoms with van der Waals surface area (Å²) in [5.74, 6) is 0.826. The van der Waals surface area contributed by atoms with Crippen LogP contribution < -0.4 is 10.4 Å². The van der Waals surface area contributed by atoms with E-state index in [1.54, 1.807) is 6.07 Å². The van der Waals surface area contributed by atoms with E-state index in [4.69, 9.17) is 4.74 Å². The van der Waals surface area contributed by atoms with E-state index >= 15 is 0 Å². The van der Waals surface area contributed by atoms with E-state index in [1.807, 2.05) is 25.1 Å². The van der Waals surface area contributed by atoms with Gasteiger partial charge in [-0.25, -0.2) is 9.89 Å². The van der Waals surface area contributed by atoms with Crippen LogP contribution in [0.25, 0.3) is 5.69 Å². The van der Waals surface area contributed by atoms with Gasteiger partial charge >= 0.3 is 5.69 Å². The number of benzene rings is 2. The van der Waals surface area contributed by atoms with Crippen LogP contribution in [0, 0.1) is 20.8 Å². The fourth-order valence-corrected chi connectivity index (χ4v) is 2.95. The molecule has 24 heavy (non-hydrogen) atoms. The molecule has 3 rings (SSSR count). The highest BCUT2D eigenvalue weighted by Crippen LogP contribution is 2.27. The minimum absolute atomic E-state index is 0.305. The van der Waals surface area contributed by atoms with E-state index in [1.165, 1.54) is 15.8 Å². The molecular formula is C17H17BrN4O2. The molecule has 1 heterocycles. The van der Waals surface area contributed by atoms with Crippen LogP contribution in [0.5, 0.6) is 5.75 Å². The molecule has 1 aromatic heterocycles. The molecule has 0 saturated heterocycles. The number of hydrogen-bond acceptors (Lipinski definition) is 4. The van der Waals surface area contributed by atoms with Crippen molar-refractivity contribution < 1.29 is 4.74 Å². The van der Waals surface area contributed by atoms with Crippen LogP contribution in [0.3, 0.4) is 0 Å². The molecule has 0 aliphatic carbocycles.